The van der Waals surface area contributed by atoms with E-state index in [4.69, 9.17) is 19.6 Å². The van der Waals surface area contributed by atoms with Crippen molar-refractivity contribution >= 4 is 17.5 Å². The highest BCUT2D eigenvalue weighted by atomic mass is 16.5. The largest absolute Gasteiger partial charge is 0.493 e. The van der Waals surface area contributed by atoms with E-state index < -0.39 is 6.04 Å². The maximum Gasteiger partial charge on any atom is 0.255 e. The molecule has 1 aliphatic rings. The number of rotatable bonds is 6. The summed E-state index contributed by atoms with van der Waals surface area (Å²) in [6, 6.07) is 16.6. The van der Waals surface area contributed by atoms with Gasteiger partial charge in [0.25, 0.3) is 5.91 Å². The molecule has 2 aromatic carbocycles. The lowest BCUT2D eigenvalue weighted by atomic mass is 9.94. The fourth-order valence-corrected chi connectivity index (χ4v) is 4.32. The summed E-state index contributed by atoms with van der Waals surface area (Å²) >= 11 is 0. The summed E-state index contributed by atoms with van der Waals surface area (Å²) in [5.74, 6) is 1.98. The Hall–Kier alpha value is -4.66. The Morgan fingerprint density at radius 2 is 1.86 bits per heavy atom. The van der Waals surface area contributed by atoms with Gasteiger partial charge in [-0.1, -0.05) is 29.8 Å². The Labute approximate surface area is 208 Å². The Morgan fingerprint density at radius 1 is 1.03 bits per heavy atom. The van der Waals surface area contributed by atoms with Gasteiger partial charge in [-0.2, -0.15) is 4.98 Å². The summed E-state index contributed by atoms with van der Waals surface area (Å²) in [6.45, 7) is 3.88. The first-order valence-corrected chi connectivity index (χ1v) is 11.4. The molecule has 0 fully saturated rings. The molecule has 1 atom stereocenters. The fourth-order valence-electron chi connectivity index (χ4n) is 4.32. The van der Waals surface area contributed by atoms with Crippen molar-refractivity contribution in [1.29, 1.82) is 0 Å². The molecule has 0 spiro atoms. The number of aromatic nitrogens is 4. The molecule has 4 aromatic rings. The van der Waals surface area contributed by atoms with Crippen LogP contribution in [0, 0.1) is 6.92 Å². The molecule has 1 amide bonds. The predicted molar refractivity (Wildman–Crippen MR) is 137 cm³/mol. The van der Waals surface area contributed by atoms with E-state index in [2.05, 4.69) is 15.6 Å². The first kappa shape index (κ1) is 23.1. The molecule has 0 bridgehead atoms. The van der Waals surface area contributed by atoms with Crippen LogP contribution < -0.4 is 20.1 Å². The van der Waals surface area contributed by atoms with Crippen molar-refractivity contribution in [2.75, 3.05) is 24.9 Å². The molecule has 5 rings (SSSR count). The maximum atomic E-state index is 13.6. The van der Waals surface area contributed by atoms with Crippen LogP contribution in [-0.2, 0) is 4.79 Å². The number of benzene rings is 2. The number of allylic oxidation sites excluding steroid dienone is 1. The van der Waals surface area contributed by atoms with Gasteiger partial charge in [-0.05, 0) is 49.7 Å². The van der Waals surface area contributed by atoms with Crippen LogP contribution in [0.15, 0.2) is 78.3 Å². The molecular weight excluding hydrogens is 456 g/mol. The van der Waals surface area contributed by atoms with E-state index in [-0.39, 0.29) is 5.91 Å². The predicted octanol–water partition coefficient (Wildman–Crippen LogP) is 4.59. The normalized spacial score (nSPS) is 14.6. The third kappa shape index (κ3) is 4.26. The Bertz CT molecular complexity index is 1460. The number of carbonyl (C=O) groups is 1. The highest BCUT2D eigenvalue weighted by Crippen LogP contribution is 2.39. The van der Waals surface area contributed by atoms with E-state index >= 15 is 0 Å². The lowest BCUT2D eigenvalue weighted by molar-refractivity contribution is -0.113. The van der Waals surface area contributed by atoms with Crippen LogP contribution in [0.25, 0.3) is 11.4 Å². The Balaban J connectivity index is 1.64. The van der Waals surface area contributed by atoms with Gasteiger partial charge in [-0.15, -0.1) is 5.10 Å². The summed E-state index contributed by atoms with van der Waals surface area (Å²) in [5.41, 5.74) is 4.57. The number of ether oxygens (including phenoxy) is 2. The average molecular weight is 483 g/mol. The van der Waals surface area contributed by atoms with Crippen molar-refractivity contribution in [2.45, 2.75) is 19.9 Å². The minimum absolute atomic E-state index is 0.272. The topological polar surface area (TPSA) is 103 Å². The van der Waals surface area contributed by atoms with Gasteiger partial charge in [0.1, 0.15) is 6.04 Å². The number of pyridine rings is 1. The lowest BCUT2D eigenvalue weighted by Gasteiger charge is -2.29. The van der Waals surface area contributed by atoms with Crippen LogP contribution in [0.3, 0.4) is 0 Å². The van der Waals surface area contributed by atoms with E-state index in [0.29, 0.717) is 40.2 Å². The van der Waals surface area contributed by atoms with Crippen LogP contribution in [0.4, 0.5) is 11.6 Å². The van der Waals surface area contributed by atoms with E-state index in [1.165, 1.54) is 0 Å². The van der Waals surface area contributed by atoms with E-state index in [9.17, 15) is 4.79 Å². The van der Waals surface area contributed by atoms with Gasteiger partial charge < -0.3 is 20.1 Å². The molecule has 0 saturated heterocycles. The third-order valence-electron chi connectivity index (χ3n) is 6.02. The number of aryl methyl sites for hydroxylation is 1. The molecule has 1 aliphatic heterocycles. The highest BCUT2D eigenvalue weighted by Gasteiger charge is 2.35. The molecule has 0 radical (unpaired) electrons. The molecule has 3 heterocycles. The van der Waals surface area contributed by atoms with E-state index in [0.717, 1.165) is 16.7 Å². The zero-order valence-corrected chi connectivity index (χ0v) is 20.4. The first-order valence-electron chi connectivity index (χ1n) is 11.4. The number of hydrogen-bond acceptors (Lipinski definition) is 7. The number of fused-ring (bicyclic) bond motifs is 1. The second-order valence-corrected chi connectivity index (χ2v) is 8.45. The molecule has 2 N–H and O–H groups in total. The second kappa shape index (κ2) is 9.53. The Morgan fingerprint density at radius 3 is 2.58 bits per heavy atom. The van der Waals surface area contributed by atoms with E-state index in [1.54, 1.807) is 43.4 Å². The number of carbonyl (C=O) groups excluding carboxylic acids is 1. The minimum Gasteiger partial charge on any atom is -0.493 e. The molecule has 2 aromatic heterocycles. The number of methoxy groups -OCH3 is 2. The smallest absolute Gasteiger partial charge is 0.255 e. The second-order valence-electron chi connectivity index (χ2n) is 8.45. The number of amides is 1. The summed E-state index contributed by atoms with van der Waals surface area (Å²) in [6.07, 6.45) is 3.26. The molecule has 9 heteroatoms. The Kier molecular flexibility index (Phi) is 6.12. The van der Waals surface area contributed by atoms with Crippen molar-refractivity contribution in [3.8, 4) is 22.9 Å². The summed E-state index contributed by atoms with van der Waals surface area (Å²) in [4.78, 5) is 22.5. The molecule has 182 valence electrons. The number of nitrogens with zero attached hydrogens (tertiary/aromatic N) is 4. The summed E-state index contributed by atoms with van der Waals surface area (Å²) < 4.78 is 12.7. The SMILES string of the molecule is COc1ccc([C@H]2C(C(=O)Nc3cccnc3)=C(C)Nc3nc(-c4cccc(C)c4)nn32)cc1OC. The maximum absolute atomic E-state index is 13.6. The lowest BCUT2D eigenvalue weighted by Crippen LogP contribution is -2.31. The summed E-state index contributed by atoms with van der Waals surface area (Å²) in [5, 5.41) is 11.1. The van der Waals surface area contributed by atoms with Gasteiger partial charge in [0.2, 0.25) is 5.95 Å². The molecule has 9 nitrogen and oxygen atoms in total. The molecule has 0 saturated carbocycles. The minimum atomic E-state index is -0.566. The highest BCUT2D eigenvalue weighted by molar-refractivity contribution is 6.06. The molecular formula is C27H26N6O3. The van der Waals surface area contributed by atoms with Crippen molar-refractivity contribution in [3.05, 3.63) is 89.4 Å². The van der Waals surface area contributed by atoms with Crippen molar-refractivity contribution < 1.29 is 14.3 Å². The van der Waals surface area contributed by atoms with Crippen molar-refractivity contribution in [3.63, 3.8) is 0 Å². The van der Waals surface area contributed by atoms with Gasteiger partial charge in [0.05, 0.1) is 31.7 Å². The third-order valence-corrected chi connectivity index (χ3v) is 6.02. The monoisotopic (exact) mass is 482 g/mol. The van der Waals surface area contributed by atoms with Crippen LogP contribution in [0.2, 0.25) is 0 Å². The standard InChI is InChI=1S/C27H26N6O3/c1-16-7-5-8-19(13-16)25-31-27-29-17(2)23(26(34)30-20-9-6-12-28-15-20)24(33(27)32-25)18-10-11-21(35-3)22(14-18)36-4/h5-15,24H,1-4H3,(H,30,34)(H,29,31,32)/t24-/m0/s1. The van der Waals surface area contributed by atoms with Gasteiger partial charge in [0, 0.05) is 17.5 Å². The van der Waals surface area contributed by atoms with Crippen molar-refractivity contribution in [2.24, 2.45) is 0 Å². The zero-order chi connectivity index (χ0) is 25.2. The molecule has 0 aliphatic carbocycles. The number of hydrogen-bond donors (Lipinski definition) is 2. The summed E-state index contributed by atoms with van der Waals surface area (Å²) in [7, 11) is 3.17. The first-order chi connectivity index (χ1) is 17.5. The van der Waals surface area contributed by atoms with Crippen molar-refractivity contribution in [1.82, 2.24) is 19.7 Å². The van der Waals surface area contributed by atoms with E-state index in [1.807, 2.05) is 56.3 Å². The van der Waals surface area contributed by atoms with Crippen LogP contribution in [0.5, 0.6) is 11.5 Å². The van der Waals surface area contributed by atoms with Crippen LogP contribution in [-0.4, -0.2) is 39.9 Å². The molecule has 36 heavy (non-hydrogen) atoms. The fraction of sp³-hybridized carbons (Fsp3) is 0.185. The quantitative estimate of drug-likeness (QED) is 0.414. The van der Waals surface area contributed by atoms with Gasteiger partial charge in [0.15, 0.2) is 17.3 Å². The van der Waals surface area contributed by atoms with Gasteiger partial charge in [-0.3, -0.25) is 9.78 Å². The van der Waals surface area contributed by atoms with Gasteiger partial charge in [-0.25, -0.2) is 4.68 Å². The number of nitrogens with one attached hydrogen (secondary N) is 2. The average Bonchev–Trinajstić information content (AvgIpc) is 3.31. The van der Waals surface area contributed by atoms with Crippen LogP contribution >= 0.6 is 0 Å². The number of anilines is 2. The van der Waals surface area contributed by atoms with Crippen LogP contribution in [0.1, 0.15) is 24.1 Å². The zero-order valence-electron chi connectivity index (χ0n) is 20.4. The van der Waals surface area contributed by atoms with Gasteiger partial charge >= 0.3 is 0 Å². The molecule has 0 unspecified atom stereocenters.